The highest BCUT2D eigenvalue weighted by Gasteiger charge is 2.29. The first-order chi connectivity index (χ1) is 13.6. The molecule has 1 aliphatic carbocycles. The lowest BCUT2D eigenvalue weighted by atomic mass is 9.78. The Morgan fingerprint density at radius 3 is 2.75 bits per heavy atom. The lowest BCUT2D eigenvalue weighted by Crippen LogP contribution is -2.51. The van der Waals surface area contributed by atoms with E-state index in [4.69, 9.17) is 4.74 Å². The third-order valence-electron chi connectivity index (χ3n) is 7.05. The van der Waals surface area contributed by atoms with Gasteiger partial charge in [0.2, 0.25) is 5.91 Å². The quantitative estimate of drug-likeness (QED) is 0.846. The van der Waals surface area contributed by atoms with E-state index < -0.39 is 0 Å². The smallest absolute Gasteiger partial charge is 0.234 e. The van der Waals surface area contributed by atoms with Gasteiger partial charge in [-0.3, -0.25) is 14.6 Å². The summed E-state index contributed by atoms with van der Waals surface area (Å²) >= 11 is 0. The normalized spacial score (nSPS) is 28.6. The molecule has 1 amide bonds. The summed E-state index contributed by atoms with van der Waals surface area (Å²) < 4.78 is 5.60. The van der Waals surface area contributed by atoms with Crippen LogP contribution in [0.2, 0.25) is 0 Å². The predicted molar refractivity (Wildman–Crippen MR) is 111 cm³/mol. The van der Waals surface area contributed by atoms with Gasteiger partial charge < -0.3 is 10.1 Å². The third-order valence-corrected chi connectivity index (χ3v) is 7.05. The zero-order valence-corrected chi connectivity index (χ0v) is 17.5. The fourth-order valence-corrected chi connectivity index (χ4v) is 4.94. The molecule has 0 unspecified atom stereocenters. The molecule has 0 spiro atoms. The van der Waals surface area contributed by atoms with Crippen LogP contribution in [0.1, 0.15) is 44.2 Å². The Morgan fingerprint density at radius 1 is 1.14 bits per heavy atom. The molecule has 5 heteroatoms. The molecule has 1 aromatic carbocycles. The van der Waals surface area contributed by atoms with E-state index in [2.05, 4.69) is 47.2 Å². The standard InChI is InChI=1S/C23H35N3O2/c1-17-4-3-5-21(18(17)2)24-23(27)16-26-11-9-25(10-12-26)15-19-6-7-22-20(14-19)8-13-28-22/h6-7,14,17-18,21H,3-5,8-13,15-16H2,1-2H3,(H,24,27)/t17-,18-,21-/m1/s1. The number of carbonyl (C=O) groups excluding carboxylic acids is 1. The summed E-state index contributed by atoms with van der Waals surface area (Å²) in [7, 11) is 0. The lowest BCUT2D eigenvalue weighted by molar-refractivity contribution is -0.124. The average molecular weight is 386 g/mol. The van der Waals surface area contributed by atoms with Crippen LogP contribution in [0.15, 0.2) is 18.2 Å². The predicted octanol–water partition coefficient (Wildman–Crippen LogP) is 2.68. The topological polar surface area (TPSA) is 44.8 Å². The van der Waals surface area contributed by atoms with Crippen LogP contribution in [0.4, 0.5) is 0 Å². The minimum Gasteiger partial charge on any atom is -0.493 e. The maximum absolute atomic E-state index is 12.5. The first-order valence-electron chi connectivity index (χ1n) is 11.1. The molecule has 2 heterocycles. The molecule has 0 aromatic heterocycles. The van der Waals surface area contributed by atoms with Crippen molar-refractivity contribution in [2.75, 3.05) is 39.3 Å². The molecule has 1 saturated heterocycles. The Hall–Kier alpha value is -1.59. The molecule has 2 fully saturated rings. The largest absolute Gasteiger partial charge is 0.493 e. The van der Waals surface area contributed by atoms with E-state index in [0.29, 0.717) is 24.4 Å². The van der Waals surface area contributed by atoms with E-state index in [9.17, 15) is 4.79 Å². The second kappa shape index (κ2) is 8.83. The van der Waals surface area contributed by atoms with Gasteiger partial charge in [-0.05, 0) is 35.4 Å². The van der Waals surface area contributed by atoms with E-state index in [1.165, 1.54) is 24.0 Å². The monoisotopic (exact) mass is 385 g/mol. The minimum atomic E-state index is 0.207. The van der Waals surface area contributed by atoms with Crippen molar-refractivity contribution in [1.29, 1.82) is 0 Å². The van der Waals surface area contributed by atoms with Crippen LogP contribution >= 0.6 is 0 Å². The fraction of sp³-hybridized carbons (Fsp3) is 0.696. The highest BCUT2D eigenvalue weighted by molar-refractivity contribution is 5.78. The lowest BCUT2D eigenvalue weighted by Gasteiger charge is -2.37. The average Bonchev–Trinajstić information content (AvgIpc) is 3.15. The molecule has 1 aromatic rings. The van der Waals surface area contributed by atoms with E-state index in [1.807, 2.05) is 0 Å². The summed E-state index contributed by atoms with van der Waals surface area (Å²) in [6.07, 6.45) is 4.71. The van der Waals surface area contributed by atoms with Crippen molar-refractivity contribution < 1.29 is 9.53 Å². The molecule has 154 valence electrons. The van der Waals surface area contributed by atoms with Gasteiger partial charge in [-0.25, -0.2) is 0 Å². The molecule has 3 aliphatic rings. The molecule has 2 aliphatic heterocycles. The summed E-state index contributed by atoms with van der Waals surface area (Å²) in [5.74, 6) is 2.57. The van der Waals surface area contributed by atoms with Gasteiger partial charge in [0.15, 0.2) is 0 Å². The van der Waals surface area contributed by atoms with Crippen LogP contribution in [-0.2, 0) is 17.8 Å². The van der Waals surface area contributed by atoms with Crippen LogP contribution in [0, 0.1) is 11.8 Å². The van der Waals surface area contributed by atoms with Gasteiger partial charge in [0, 0.05) is 45.2 Å². The number of fused-ring (bicyclic) bond motifs is 1. The highest BCUT2D eigenvalue weighted by Crippen LogP contribution is 2.29. The fourth-order valence-electron chi connectivity index (χ4n) is 4.94. The van der Waals surface area contributed by atoms with Crippen LogP contribution in [0.3, 0.4) is 0 Å². The number of ether oxygens (including phenoxy) is 1. The molecular formula is C23H35N3O2. The number of carbonyl (C=O) groups is 1. The summed E-state index contributed by atoms with van der Waals surface area (Å²) in [6.45, 7) is 10.9. The first-order valence-corrected chi connectivity index (χ1v) is 11.1. The Labute approximate surface area is 169 Å². The van der Waals surface area contributed by atoms with Crippen molar-refractivity contribution >= 4 is 5.91 Å². The zero-order valence-electron chi connectivity index (χ0n) is 17.5. The summed E-state index contributed by atoms with van der Waals surface area (Å²) in [5.41, 5.74) is 2.72. The summed E-state index contributed by atoms with van der Waals surface area (Å²) in [4.78, 5) is 17.3. The van der Waals surface area contributed by atoms with Crippen molar-refractivity contribution in [3.63, 3.8) is 0 Å². The van der Waals surface area contributed by atoms with Gasteiger partial charge in [0.25, 0.3) is 0 Å². The van der Waals surface area contributed by atoms with Gasteiger partial charge in [-0.2, -0.15) is 0 Å². The maximum atomic E-state index is 12.5. The van der Waals surface area contributed by atoms with Crippen LogP contribution in [0.5, 0.6) is 5.75 Å². The third kappa shape index (κ3) is 4.69. The van der Waals surface area contributed by atoms with Crippen LogP contribution in [-0.4, -0.2) is 61.1 Å². The number of hydrogen-bond donors (Lipinski definition) is 1. The van der Waals surface area contributed by atoms with Crippen molar-refractivity contribution in [2.24, 2.45) is 11.8 Å². The Balaban J connectivity index is 1.20. The SMILES string of the molecule is C[C@@H]1[C@H](C)CCC[C@H]1NC(=O)CN1CCN(Cc2ccc3c(c2)CCO3)CC1. The molecule has 0 radical (unpaired) electrons. The van der Waals surface area contributed by atoms with Crippen molar-refractivity contribution in [1.82, 2.24) is 15.1 Å². The zero-order chi connectivity index (χ0) is 19.5. The number of benzene rings is 1. The molecule has 28 heavy (non-hydrogen) atoms. The van der Waals surface area contributed by atoms with E-state index in [0.717, 1.165) is 57.9 Å². The van der Waals surface area contributed by atoms with Crippen molar-refractivity contribution in [3.8, 4) is 5.75 Å². The van der Waals surface area contributed by atoms with E-state index in [-0.39, 0.29) is 5.91 Å². The molecule has 1 N–H and O–H groups in total. The van der Waals surface area contributed by atoms with E-state index >= 15 is 0 Å². The molecular weight excluding hydrogens is 350 g/mol. The first kappa shape index (κ1) is 19.7. The Bertz CT molecular complexity index is 684. The second-order valence-electron chi connectivity index (χ2n) is 9.03. The number of nitrogens with zero attached hydrogens (tertiary/aromatic N) is 2. The molecule has 5 nitrogen and oxygen atoms in total. The van der Waals surface area contributed by atoms with Gasteiger partial charge in [-0.15, -0.1) is 0 Å². The second-order valence-corrected chi connectivity index (χ2v) is 9.03. The summed E-state index contributed by atoms with van der Waals surface area (Å²) in [5, 5.41) is 3.32. The molecule has 1 saturated carbocycles. The maximum Gasteiger partial charge on any atom is 0.234 e. The number of amides is 1. The van der Waals surface area contributed by atoms with Gasteiger partial charge in [-0.1, -0.05) is 38.8 Å². The van der Waals surface area contributed by atoms with Crippen molar-refractivity contribution in [2.45, 2.75) is 52.1 Å². The Morgan fingerprint density at radius 2 is 1.93 bits per heavy atom. The van der Waals surface area contributed by atoms with Gasteiger partial charge >= 0.3 is 0 Å². The highest BCUT2D eigenvalue weighted by atomic mass is 16.5. The Kier molecular flexibility index (Phi) is 6.22. The van der Waals surface area contributed by atoms with Crippen molar-refractivity contribution in [3.05, 3.63) is 29.3 Å². The molecule has 3 atom stereocenters. The van der Waals surface area contributed by atoms with Gasteiger partial charge in [0.05, 0.1) is 13.2 Å². The molecule has 0 bridgehead atoms. The number of piperazine rings is 1. The van der Waals surface area contributed by atoms with E-state index in [1.54, 1.807) is 0 Å². The van der Waals surface area contributed by atoms with Crippen LogP contribution < -0.4 is 10.1 Å². The number of hydrogen-bond acceptors (Lipinski definition) is 4. The summed E-state index contributed by atoms with van der Waals surface area (Å²) in [6, 6.07) is 6.97. The number of rotatable bonds is 5. The minimum absolute atomic E-state index is 0.207. The van der Waals surface area contributed by atoms with Crippen LogP contribution in [0.25, 0.3) is 0 Å². The number of nitrogens with one attached hydrogen (secondary N) is 1. The van der Waals surface area contributed by atoms with Gasteiger partial charge in [0.1, 0.15) is 5.75 Å². The molecule has 4 rings (SSSR count).